The molecule has 2 aromatic carbocycles. The highest BCUT2D eigenvalue weighted by molar-refractivity contribution is 7.81. The number of thiol groups is 1. The van der Waals surface area contributed by atoms with Crippen molar-refractivity contribution in [2.75, 3.05) is 13.1 Å². The van der Waals surface area contributed by atoms with Gasteiger partial charge in [-0.1, -0.05) is 62.4 Å². The van der Waals surface area contributed by atoms with Crippen molar-refractivity contribution >= 4 is 18.7 Å². The number of rotatable bonds is 6. The lowest BCUT2D eigenvalue weighted by molar-refractivity contribution is 0.0160. The normalized spacial score (nSPS) is 21.6. The van der Waals surface area contributed by atoms with Gasteiger partial charge in [0.25, 0.3) is 0 Å². The van der Waals surface area contributed by atoms with Gasteiger partial charge in [-0.3, -0.25) is 0 Å². The number of fused-ring (bicyclic) bond motifs is 2. The minimum absolute atomic E-state index is 0.114. The smallest absolute Gasteiger partial charge is 0.410 e. The molecule has 1 amide bonds. The molecule has 1 N–H and O–H groups in total. The number of hydrogen-bond donors (Lipinski definition) is 2. The molecule has 1 heterocycles. The fourth-order valence-corrected chi connectivity index (χ4v) is 6.22. The zero-order valence-electron chi connectivity index (χ0n) is 22.9. The molecule has 1 saturated heterocycles. The molecule has 4 nitrogen and oxygen atoms in total. The number of nitrogens with one attached hydrogen (secondary N) is 1. The summed E-state index contributed by atoms with van der Waals surface area (Å²) in [5, 5.41) is 4.34. The van der Waals surface area contributed by atoms with Gasteiger partial charge >= 0.3 is 6.09 Å². The maximum atomic E-state index is 12.7. The number of hydrogen-bond acceptors (Lipinski definition) is 4. The first kappa shape index (κ1) is 27.1. The molecule has 1 aliphatic heterocycles. The SMILES string of the molecule is CC[C@H](S)C(C)c1cccc([C@H](C)N[C@H]2CC3(CCN(C(=O)OC(C)(C)C)CC3)c3ccccc32)c1. The Kier molecular flexibility index (Phi) is 8.11. The second kappa shape index (κ2) is 10.8. The second-order valence-electron chi connectivity index (χ2n) is 11.9. The fourth-order valence-electron chi connectivity index (χ4n) is 6.05. The van der Waals surface area contributed by atoms with Gasteiger partial charge in [0.1, 0.15) is 5.60 Å². The molecule has 5 heteroatoms. The van der Waals surface area contributed by atoms with E-state index < -0.39 is 5.60 Å². The average molecular weight is 509 g/mol. The number of carbonyl (C=O) groups is 1. The molecule has 0 aromatic heterocycles. The molecule has 4 rings (SSSR count). The number of amides is 1. The van der Waals surface area contributed by atoms with Crippen molar-refractivity contribution in [1.29, 1.82) is 0 Å². The number of ether oxygens (including phenoxy) is 1. The van der Waals surface area contributed by atoms with E-state index in [1.165, 1.54) is 22.3 Å². The van der Waals surface area contributed by atoms with Crippen molar-refractivity contribution < 1.29 is 9.53 Å². The summed E-state index contributed by atoms with van der Waals surface area (Å²) >= 11 is 4.79. The number of carbonyl (C=O) groups excluding carboxylic acids is 1. The Morgan fingerprint density at radius 3 is 2.44 bits per heavy atom. The molecule has 4 atom stereocenters. The van der Waals surface area contributed by atoms with Crippen LogP contribution in [0.5, 0.6) is 0 Å². The zero-order valence-corrected chi connectivity index (χ0v) is 23.8. The molecule has 1 fully saturated rings. The van der Waals surface area contributed by atoms with E-state index in [1.807, 2.05) is 25.7 Å². The Bertz CT molecular complexity index is 1050. The lowest BCUT2D eigenvalue weighted by Gasteiger charge is -2.40. The van der Waals surface area contributed by atoms with Crippen LogP contribution in [0.4, 0.5) is 4.79 Å². The van der Waals surface area contributed by atoms with E-state index in [0.29, 0.717) is 17.2 Å². The Morgan fingerprint density at radius 2 is 1.78 bits per heavy atom. The van der Waals surface area contributed by atoms with E-state index in [9.17, 15) is 4.79 Å². The van der Waals surface area contributed by atoms with Crippen molar-refractivity contribution in [3.63, 3.8) is 0 Å². The van der Waals surface area contributed by atoms with Crippen LogP contribution in [0.1, 0.15) is 107 Å². The van der Waals surface area contributed by atoms with Crippen LogP contribution in [0.15, 0.2) is 48.5 Å². The van der Waals surface area contributed by atoms with Gasteiger partial charge in [-0.2, -0.15) is 12.6 Å². The number of nitrogens with zero attached hydrogens (tertiary/aromatic N) is 1. The molecular formula is C31H44N2O2S. The minimum atomic E-state index is -0.462. The van der Waals surface area contributed by atoms with Crippen LogP contribution < -0.4 is 5.32 Å². The summed E-state index contributed by atoms with van der Waals surface area (Å²) in [6, 6.07) is 18.5. The van der Waals surface area contributed by atoms with Gasteiger partial charge in [0.2, 0.25) is 0 Å². The largest absolute Gasteiger partial charge is 0.444 e. The first-order chi connectivity index (χ1) is 17.0. The maximum absolute atomic E-state index is 12.7. The summed E-state index contributed by atoms with van der Waals surface area (Å²) in [4.78, 5) is 14.5. The molecule has 0 radical (unpaired) electrons. The molecule has 2 aromatic rings. The van der Waals surface area contributed by atoms with Crippen LogP contribution in [0.3, 0.4) is 0 Å². The third-order valence-corrected chi connectivity index (χ3v) is 9.07. The van der Waals surface area contributed by atoms with Crippen molar-refractivity contribution in [3.8, 4) is 0 Å². The van der Waals surface area contributed by atoms with Crippen LogP contribution in [-0.4, -0.2) is 34.9 Å². The summed E-state index contributed by atoms with van der Waals surface area (Å²) in [6.45, 7) is 14.0. The molecule has 196 valence electrons. The summed E-state index contributed by atoms with van der Waals surface area (Å²) < 4.78 is 5.64. The second-order valence-corrected chi connectivity index (χ2v) is 12.6. The molecular weight excluding hydrogens is 464 g/mol. The van der Waals surface area contributed by atoms with Crippen molar-refractivity contribution in [2.45, 2.75) is 101 Å². The van der Waals surface area contributed by atoms with Crippen LogP contribution in [-0.2, 0) is 10.2 Å². The van der Waals surface area contributed by atoms with E-state index in [-0.39, 0.29) is 17.6 Å². The predicted octanol–water partition coefficient (Wildman–Crippen LogP) is 7.56. The van der Waals surface area contributed by atoms with Crippen molar-refractivity contribution in [2.24, 2.45) is 0 Å². The third kappa shape index (κ3) is 5.78. The zero-order chi connectivity index (χ0) is 26.1. The van der Waals surface area contributed by atoms with E-state index in [2.05, 4.69) is 74.6 Å². The lowest BCUT2D eigenvalue weighted by Crippen LogP contribution is -2.46. The van der Waals surface area contributed by atoms with Gasteiger partial charge in [-0.05, 0) is 81.5 Å². The summed E-state index contributed by atoms with van der Waals surface area (Å²) in [5.74, 6) is 0.427. The highest BCUT2D eigenvalue weighted by Gasteiger charge is 2.46. The van der Waals surface area contributed by atoms with E-state index >= 15 is 0 Å². The highest BCUT2D eigenvalue weighted by atomic mass is 32.1. The molecule has 1 spiro atoms. The fraction of sp³-hybridized carbons (Fsp3) is 0.581. The quantitative estimate of drug-likeness (QED) is 0.396. The number of likely N-dealkylation sites (tertiary alicyclic amines) is 1. The molecule has 0 bridgehead atoms. The van der Waals surface area contributed by atoms with E-state index in [4.69, 9.17) is 17.4 Å². The van der Waals surface area contributed by atoms with E-state index in [1.54, 1.807) is 0 Å². The Labute approximate surface area is 223 Å². The Balaban J connectivity index is 1.48. The Morgan fingerprint density at radius 1 is 1.11 bits per heavy atom. The maximum Gasteiger partial charge on any atom is 0.410 e. The number of piperidine rings is 1. The first-order valence-electron chi connectivity index (χ1n) is 13.6. The van der Waals surface area contributed by atoms with Crippen molar-refractivity contribution in [1.82, 2.24) is 10.2 Å². The molecule has 1 unspecified atom stereocenters. The Hall–Kier alpha value is -1.98. The van der Waals surface area contributed by atoms with Crippen LogP contribution >= 0.6 is 12.6 Å². The minimum Gasteiger partial charge on any atom is -0.444 e. The van der Waals surface area contributed by atoms with Gasteiger partial charge in [-0.15, -0.1) is 0 Å². The molecule has 1 aliphatic carbocycles. The third-order valence-electron chi connectivity index (χ3n) is 8.26. The summed E-state index contributed by atoms with van der Waals surface area (Å²) in [5.41, 5.74) is 5.22. The average Bonchev–Trinajstić information content (AvgIpc) is 3.15. The molecule has 2 aliphatic rings. The highest BCUT2D eigenvalue weighted by Crippen LogP contribution is 2.51. The molecule has 36 heavy (non-hydrogen) atoms. The van der Waals surface area contributed by atoms with Gasteiger partial charge in [0, 0.05) is 35.8 Å². The first-order valence-corrected chi connectivity index (χ1v) is 14.2. The summed E-state index contributed by atoms with van der Waals surface area (Å²) in [7, 11) is 0. The van der Waals surface area contributed by atoms with Gasteiger partial charge in [-0.25, -0.2) is 4.79 Å². The summed E-state index contributed by atoms with van der Waals surface area (Å²) in [6.07, 6.45) is 3.90. The van der Waals surface area contributed by atoms with Crippen molar-refractivity contribution in [3.05, 3.63) is 70.8 Å². The number of benzene rings is 2. The van der Waals surface area contributed by atoms with E-state index in [0.717, 1.165) is 38.8 Å². The standard InChI is InChI=1S/C31H44N2O2S/c1-7-28(36)21(2)23-11-10-12-24(19-23)22(3)32-27-20-31(26-14-9-8-13-25(26)27)15-17-33(18-16-31)29(34)35-30(4,5)6/h8-14,19,21-22,27-28,32,36H,7,15-18,20H2,1-6H3/t21?,22-,27-,28-/m0/s1. The lowest BCUT2D eigenvalue weighted by atomic mass is 9.73. The van der Waals surface area contributed by atoms with Gasteiger partial charge < -0.3 is 15.0 Å². The van der Waals surface area contributed by atoms with Gasteiger partial charge in [0.15, 0.2) is 0 Å². The van der Waals surface area contributed by atoms with Crippen LogP contribution in [0.2, 0.25) is 0 Å². The molecule has 0 saturated carbocycles. The monoisotopic (exact) mass is 508 g/mol. The van der Waals surface area contributed by atoms with Crippen LogP contribution in [0, 0.1) is 0 Å². The van der Waals surface area contributed by atoms with Crippen LogP contribution in [0.25, 0.3) is 0 Å². The predicted molar refractivity (Wildman–Crippen MR) is 152 cm³/mol. The topological polar surface area (TPSA) is 41.6 Å². The van der Waals surface area contributed by atoms with Gasteiger partial charge in [0.05, 0.1) is 0 Å².